The van der Waals surface area contributed by atoms with Crippen molar-refractivity contribution in [1.29, 1.82) is 0 Å². The highest BCUT2D eigenvalue weighted by Crippen LogP contribution is 2.25. The number of halogens is 2. The number of thiazole rings is 1. The highest BCUT2D eigenvalue weighted by Gasteiger charge is 2.09. The molecule has 0 radical (unpaired) electrons. The van der Waals surface area contributed by atoms with Crippen molar-refractivity contribution in [3.63, 3.8) is 0 Å². The zero-order valence-corrected chi connectivity index (χ0v) is 11.3. The van der Waals surface area contributed by atoms with Crippen LogP contribution in [0.1, 0.15) is 15.5 Å². The fourth-order valence-electron chi connectivity index (χ4n) is 1.31. The second-order valence-corrected chi connectivity index (χ2v) is 5.13. The third-order valence-electron chi connectivity index (χ3n) is 2.13. The normalized spacial score (nSPS) is 10.3. The Morgan fingerprint density at radius 2 is 2.22 bits per heavy atom. The SMILES string of the molecule is O=C(O)c1nc(CNc2ccc(Cl)cc2Cl)cs1. The Bertz CT molecular complexity index is 586. The summed E-state index contributed by atoms with van der Waals surface area (Å²) in [5.41, 5.74) is 1.38. The zero-order chi connectivity index (χ0) is 13.1. The molecular formula is C11H8Cl2N2O2S. The molecule has 0 aliphatic heterocycles. The minimum atomic E-state index is -1.02. The van der Waals surface area contributed by atoms with Gasteiger partial charge in [-0.3, -0.25) is 0 Å². The number of aromatic carboxylic acids is 1. The Balaban J connectivity index is 2.04. The van der Waals surface area contributed by atoms with Gasteiger partial charge in [0.1, 0.15) is 0 Å². The van der Waals surface area contributed by atoms with Gasteiger partial charge in [-0.25, -0.2) is 9.78 Å². The van der Waals surface area contributed by atoms with Crippen molar-refractivity contribution in [2.75, 3.05) is 5.32 Å². The van der Waals surface area contributed by atoms with Crippen molar-refractivity contribution in [3.8, 4) is 0 Å². The van der Waals surface area contributed by atoms with Gasteiger partial charge in [-0.15, -0.1) is 11.3 Å². The summed E-state index contributed by atoms with van der Waals surface area (Å²) in [6.45, 7) is 0.408. The summed E-state index contributed by atoms with van der Waals surface area (Å²) >= 11 is 12.9. The van der Waals surface area contributed by atoms with Crippen LogP contribution in [0, 0.1) is 0 Å². The fourth-order valence-corrected chi connectivity index (χ4v) is 2.43. The molecule has 0 bridgehead atoms. The molecule has 0 amide bonds. The van der Waals surface area contributed by atoms with Crippen LogP contribution in [0.15, 0.2) is 23.6 Å². The van der Waals surface area contributed by atoms with E-state index in [1.807, 2.05) is 0 Å². The number of nitrogens with one attached hydrogen (secondary N) is 1. The van der Waals surface area contributed by atoms with E-state index in [2.05, 4.69) is 10.3 Å². The summed E-state index contributed by atoms with van der Waals surface area (Å²) in [6.07, 6.45) is 0. The summed E-state index contributed by atoms with van der Waals surface area (Å²) in [6, 6.07) is 5.11. The molecule has 0 spiro atoms. The average Bonchev–Trinajstić information content (AvgIpc) is 2.76. The minimum Gasteiger partial charge on any atom is -0.476 e. The number of anilines is 1. The van der Waals surface area contributed by atoms with E-state index in [-0.39, 0.29) is 5.01 Å². The zero-order valence-electron chi connectivity index (χ0n) is 8.98. The minimum absolute atomic E-state index is 0.0778. The van der Waals surface area contributed by atoms with E-state index in [0.29, 0.717) is 22.3 Å². The largest absolute Gasteiger partial charge is 0.476 e. The molecule has 0 unspecified atom stereocenters. The maximum atomic E-state index is 10.7. The maximum absolute atomic E-state index is 10.7. The maximum Gasteiger partial charge on any atom is 0.365 e. The molecule has 1 heterocycles. The predicted octanol–water partition coefficient (Wildman–Crippen LogP) is 3.76. The van der Waals surface area contributed by atoms with Crippen LogP contribution in [0.2, 0.25) is 10.0 Å². The predicted molar refractivity (Wildman–Crippen MR) is 72.9 cm³/mol. The van der Waals surface area contributed by atoms with Gasteiger partial charge in [0.25, 0.3) is 0 Å². The van der Waals surface area contributed by atoms with Crippen molar-refractivity contribution in [3.05, 3.63) is 44.3 Å². The van der Waals surface area contributed by atoms with Crippen LogP contribution in [0.5, 0.6) is 0 Å². The fraction of sp³-hybridized carbons (Fsp3) is 0.0909. The van der Waals surface area contributed by atoms with Crippen LogP contribution in [0.3, 0.4) is 0 Å². The molecule has 0 saturated heterocycles. The van der Waals surface area contributed by atoms with Gasteiger partial charge in [0, 0.05) is 10.4 Å². The topological polar surface area (TPSA) is 62.2 Å². The number of carboxylic acid groups (broad SMARTS) is 1. The molecule has 0 atom stereocenters. The number of hydrogen-bond acceptors (Lipinski definition) is 4. The van der Waals surface area contributed by atoms with Gasteiger partial charge in [0.05, 0.1) is 22.9 Å². The van der Waals surface area contributed by atoms with Gasteiger partial charge in [-0.05, 0) is 18.2 Å². The van der Waals surface area contributed by atoms with Crippen molar-refractivity contribution in [1.82, 2.24) is 4.98 Å². The lowest BCUT2D eigenvalue weighted by Gasteiger charge is -2.06. The number of benzene rings is 1. The van der Waals surface area contributed by atoms with Crippen LogP contribution in [-0.4, -0.2) is 16.1 Å². The van der Waals surface area contributed by atoms with E-state index >= 15 is 0 Å². The van der Waals surface area contributed by atoms with Crippen LogP contribution >= 0.6 is 34.5 Å². The number of carbonyl (C=O) groups is 1. The van der Waals surface area contributed by atoms with Crippen LogP contribution < -0.4 is 5.32 Å². The number of aromatic nitrogens is 1. The Labute approximate surface area is 117 Å². The third kappa shape index (κ3) is 3.13. The molecular weight excluding hydrogens is 295 g/mol. The van der Waals surface area contributed by atoms with E-state index in [1.165, 1.54) is 0 Å². The van der Waals surface area contributed by atoms with Crippen molar-refractivity contribution >= 4 is 46.2 Å². The second-order valence-electron chi connectivity index (χ2n) is 3.43. The van der Waals surface area contributed by atoms with Crippen molar-refractivity contribution < 1.29 is 9.90 Å². The van der Waals surface area contributed by atoms with Gasteiger partial charge in [-0.2, -0.15) is 0 Å². The first kappa shape index (κ1) is 13.1. The van der Waals surface area contributed by atoms with Gasteiger partial charge in [0.2, 0.25) is 5.01 Å². The summed E-state index contributed by atoms with van der Waals surface area (Å²) in [7, 11) is 0. The molecule has 0 fully saturated rings. The average molecular weight is 303 g/mol. The molecule has 0 aliphatic carbocycles. The summed E-state index contributed by atoms with van der Waals surface area (Å²) in [5, 5.41) is 14.7. The van der Waals surface area contributed by atoms with E-state index in [1.54, 1.807) is 23.6 Å². The molecule has 94 valence electrons. The molecule has 2 aromatic rings. The summed E-state index contributed by atoms with van der Waals surface area (Å²) in [5.74, 6) is -1.02. The van der Waals surface area contributed by atoms with Crippen LogP contribution in [0.4, 0.5) is 5.69 Å². The lowest BCUT2D eigenvalue weighted by molar-refractivity contribution is 0.0696. The molecule has 0 aliphatic rings. The molecule has 7 heteroatoms. The lowest BCUT2D eigenvalue weighted by Crippen LogP contribution is -2.02. The van der Waals surface area contributed by atoms with Crippen molar-refractivity contribution in [2.24, 2.45) is 0 Å². The van der Waals surface area contributed by atoms with E-state index < -0.39 is 5.97 Å². The smallest absolute Gasteiger partial charge is 0.365 e. The standard InChI is InChI=1S/C11H8Cl2N2O2S/c12-6-1-2-9(8(13)3-6)14-4-7-5-18-10(15-7)11(16)17/h1-3,5,14H,4H2,(H,16,17). The van der Waals surface area contributed by atoms with Crippen molar-refractivity contribution in [2.45, 2.75) is 6.54 Å². The molecule has 0 saturated carbocycles. The second kappa shape index (κ2) is 5.56. The number of hydrogen-bond donors (Lipinski definition) is 2. The molecule has 18 heavy (non-hydrogen) atoms. The molecule has 1 aromatic carbocycles. The molecule has 2 N–H and O–H groups in total. The highest BCUT2D eigenvalue weighted by molar-refractivity contribution is 7.11. The highest BCUT2D eigenvalue weighted by atomic mass is 35.5. The van der Waals surface area contributed by atoms with E-state index in [9.17, 15) is 4.79 Å². The first-order valence-electron chi connectivity index (χ1n) is 4.93. The number of carboxylic acids is 1. The third-order valence-corrected chi connectivity index (χ3v) is 3.55. The number of nitrogens with zero attached hydrogens (tertiary/aromatic N) is 1. The monoisotopic (exact) mass is 302 g/mol. The first-order chi connectivity index (χ1) is 8.56. The Kier molecular flexibility index (Phi) is 4.06. The summed E-state index contributed by atoms with van der Waals surface area (Å²) in [4.78, 5) is 14.6. The molecule has 1 aromatic heterocycles. The lowest BCUT2D eigenvalue weighted by atomic mass is 10.3. The quantitative estimate of drug-likeness (QED) is 0.902. The van der Waals surface area contributed by atoms with Gasteiger partial charge in [-0.1, -0.05) is 23.2 Å². The summed E-state index contributed by atoms with van der Waals surface area (Å²) < 4.78 is 0. The van der Waals surface area contributed by atoms with Gasteiger partial charge >= 0.3 is 5.97 Å². The first-order valence-corrected chi connectivity index (χ1v) is 6.56. The Morgan fingerprint density at radius 3 is 2.83 bits per heavy atom. The van der Waals surface area contributed by atoms with Crippen LogP contribution in [-0.2, 0) is 6.54 Å². The number of rotatable bonds is 4. The van der Waals surface area contributed by atoms with Gasteiger partial charge in [0.15, 0.2) is 0 Å². The van der Waals surface area contributed by atoms with E-state index in [0.717, 1.165) is 17.0 Å². The van der Waals surface area contributed by atoms with E-state index in [4.69, 9.17) is 28.3 Å². The Hall–Kier alpha value is -1.30. The Morgan fingerprint density at radius 1 is 1.44 bits per heavy atom. The molecule has 2 rings (SSSR count). The van der Waals surface area contributed by atoms with Crippen LogP contribution in [0.25, 0.3) is 0 Å². The van der Waals surface area contributed by atoms with Gasteiger partial charge < -0.3 is 10.4 Å². The molecule has 4 nitrogen and oxygen atoms in total.